The van der Waals surface area contributed by atoms with Crippen LogP contribution in [0.3, 0.4) is 0 Å². The van der Waals surface area contributed by atoms with Gasteiger partial charge in [-0.2, -0.15) is 0 Å². The molecule has 0 saturated carbocycles. The summed E-state index contributed by atoms with van der Waals surface area (Å²) >= 11 is 1.56. The number of rotatable bonds is 4. The third-order valence-corrected chi connectivity index (χ3v) is 3.28. The Morgan fingerprint density at radius 2 is 2.21 bits per heavy atom. The van der Waals surface area contributed by atoms with Crippen molar-refractivity contribution < 1.29 is 9.15 Å². The van der Waals surface area contributed by atoms with Crippen LogP contribution in [0.5, 0.6) is 5.88 Å². The van der Waals surface area contributed by atoms with Crippen molar-refractivity contribution in [2.24, 2.45) is 0 Å². The maximum absolute atomic E-state index is 5.51. The Bertz CT molecular complexity index is 647. The van der Waals surface area contributed by atoms with Gasteiger partial charge in [0.2, 0.25) is 5.88 Å². The summed E-state index contributed by atoms with van der Waals surface area (Å²) < 4.78 is 11.0. The Hall–Kier alpha value is -2.21. The Morgan fingerprint density at radius 3 is 2.95 bits per heavy atom. The summed E-state index contributed by atoms with van der Waals surface area (Å²) in [6.45, 7) is 2.19. The summed E-state index contributed by atoms with van der Waals surface area (Å²) in [7, 11) is 0. The smallest absolute Gasteiger partial charge is 0.257 e. The molecule has 3 aromatic heterocycles. The van der Waals surface area contributed by atoms with Gasteiger partial charge in [-0.25, -0.2) is 4.98 Å². The molecule has 0 saturated heterocycles. The number of hydrogen-bond acceptors (Lipinski definition) is 6. The predicted molar refractivity (Wildman–Crippen MR) is 70.9 cm³/mol. The quantitative estimate of drug-likeness (QED) is 0.731. The van der Waals surface area contributed by atoms with Crippen molar-refractivity contribution in [3.05, 3.63) is 47.3 Å². The van der Waals surface area contributed by atoms with Crippen molar-refractivity contribution in [1.82, 2.24) is 15.2 Å². The Balaban J connectivity index is 1.66. The molecular weight excluding hydrogens is 262 g/mol. The molecule has 6 heteroatoms. The van der Waals surface area contributed by atoms with E-state index in [1.54, 1.807) is 17.5 Å². The highest BCUT2D eigenvalue weighted by Gasteiger charge is 2.09. The van der Waals surface area contributed by atoms with Crippen LogP contribution in [-0.4, -0.2) is 15.2 Å². The Labute approximate surface area is 113 Å². The number of hydrogen-bond donors (Lipinski definition) is 0. The van der Waals surface area contributed by atoms with Crippen LogP contribution in [0, 0.1) is 6.92 Å². The highest BCUT2D eigenvalue weighted by atomic mass is 32.1. The normalized spacial score (nSPS) is 10.6. The minimum absolute atomic E-state index is 0.217. The molecule has 0 bridgehead atoms. The van der Waals surface area contributed by atoms with Gasteiger partial charge in [-0.3, -0.25) is 0 Å². The van der Waals surface area contributed by atoms with Crippen LogP contribution in [0.15, 0.2) is 40.3 Å². The fourth-order valence-corrected chi connectivity index (χ4v) is 2.13. The van der Waals surface area contributed by atoms with Crippen molar-refractivity contribution in [2.45, 2.75) is 13.5 Å². The van der Waals surface area contributed by atoms with Crippen LogP contribution < -0.4 is 4.74 Å². The molecule has 19 heavy (non-hydrogen) atoms. The minimum Gasteiger partial charge on any atom is -0.468 e. The van der Waals surface area contributed by atoms with Gasteiger partial charge in [0, 0.05) is 12.3 Å². The number of nitrogens with zero attached hydrogens (tertiary/aromatic N) is 3. The molecule has 0 aliphatic heterocycles. The van der Waals surface area contributed by atoms with Crippen molar-refractivity contribution >= 4 is 11.3 Å². The van der Waals surface area contributed by atoms with E-state index in [9.17, 15) is 0 Å². The van der Waals surface area contributed by atoms with E-state index in [0.717, 1.165) is 10.4 Å². The standard InChI is InChI=1S/C13H11N3O2S/c1-9-4-5-11(14-7-9)17-8-12-15-16-13(18-12)10-3-2-6-19-10/h2-7H,8H2,1H3. The number of ether oxygens (including phenoxy) is 1. The van der Waals surface area contributed by atoms with Crippen LogP contribution >= 0.6 is 11.3 Å². The van der Waals surface area contributed by atoms with Gasteiger partial charge >= 0.3 is 0 Å². The van der Waals surface area contributed by atoms with E-state index < -0.39 is 0 Å². The molecular formula is C13H11N3O2S. The lowest BCUT2D eigenvalue weighted by molar-refractivity contribution is 0.255. The summed E-state index contributed by atoms with van der Waals surface area (Å²) in [5, 5.41) is 9.88. The van der Waals surface area contributed by atoms with Gasteiger partial charge in [0.25, 0.3) is 11.8 Å². The molecule has 0 amide bonds. The average Bonchev–Trinajstić information content (AvgIpc) is 3.09. The van der Waals surface area contributed by atoms with E-state index >= 15 is 0 Å². The van der Waals surface area contributed by atoms with E-state index in [0.29, 0.717) is 17.7 Å². The highest BCUT2D eigenvalue weighted by Crippen LogP contribution is 2.23. The maximum atomic E-state index is 5.51. The number of thiophene rings is 1. The molecule has 3 aromatic rings. The van der Waals surface area contributed by atoms with E-state index in [-0.39, 0.29) is 6.61 Å². The molecule has 0 atom stereocenters. The van der Waals surface area contributed by atoms with Crippen molar-refractivity contribution in [3.8, 4) is 16.6 Å². The van der Waals surface area contributed by atoms with Crippen LogP contribution in [0.4, 0.5) is 0 Å². The number of pyridine rings is 1. The van der Waals surface area contributed by atoms with Gasteiger partial charge in [0.15, 0.2) is 6.61 Å². The summed E-state index contributed by atoms with van der Waals surface area (Å²) in [5.74, 6) is 1.50. The molecule has 0 aliphatic rings. The number of aryl methyl sites for hydroxylation is 1. The van der Waals surface area contributed by atoms with E-state index in [1.165, 1.54) is 0 Å². The second kappa shape index (κ2) is 5.19. The van der Waals surface area contributed by atoms with E-state index in [2.05, 4.69) is 15.2 Å². The van der Waals surface area contributed by atoms with Gasteiger partial charge in [0.05, 0.1) is 4.88 Å². The van der Waals surface area contributed by atoms with E-state index in [1.807, 2.05) is 36.6 Å². The van der Waals surface area contributed by atoms with Gasteiger partial charge in [-0.15, -0.1) is 21.5 Å². The summed E-state index contributed by atoms with van der Waals surface area (Å²) in [5.41, 5.74) is 1.09. The molecule has 0 unspecified atom stereocenters. The summed E-state index contributed by atoms with van der Waals surface area (Å²) in [6.07, 6.45) is 1.75. The SMILES string of the molecule is Cc1ccc(OCc2nnc(-c3cccs3)o2)nc1. The molecule has 0 fully saturated rings. The maximum Gasteiger partial charge on any atom is 0.257 e. The molecule has 0 aromatic carbocycles. The first-order valence-electron chi connectivity index (χ1n) is 5.73. The molecule has 0 N–H and O–H groups in total. The second-order valence-corrected chi connectivity index (χ2v) is 4.89. The zero-order chi connectivity index (χ0) is 13.1. The van der Waals surface area contributed by atoms with Crippen LogP contribution in [0.1, 0.15) is 11.5 Å². The summed E-state index contributed by atoms with van der Waals surface area (Å²) in [4.78, 5) is 5.09. The zero-order valence-corrected chi connectivity index (χ0v) is 11.1. The van der Waals surface area contributed by atoms with Gasteiger partial charge in [-0.1, -0.05) is 12.1 Å². The van der Waals surface area contributed by atoms with Crippen molar-refractivity contribution in [2.75, 3.05) is 0 Å². The molecule has 0 spiro atoms. The fraction of sp³-hybridized carbons (Fsp3) is 0.154. The second-order valence-electron chi connectivity index (χ2n) is 3.94. The molecule has 5 nitrogen and oxygen atoms in total. The first-order valence-corrected chi connectivity index (χ1v) is 6.61. The topological polar surface area (TPSA) is 61.0 Å². The highest BCUT2D eigenvalue weighted by molar-refractivity contribution is 7.13. The lowest BCUT2D eigenvalue weighted by Gasteiger charge is -2.01. The monoisotopic (exact) mass is 273 g/mol. The molecule has 3 rings (SSSR count). The fourth-order valence-electron chi connectivity index (χ4n) is 1.49. The first kappa shape index (κ1) is 11.9. The Morgan fingerprint density at radius 1 is 1.26 bits per heavy atom. The molecule has 0 radical (unpaired) electrons. The zero-order valence-electron chi connectivity index (χ0n) is 10.2. The molecule has 96 valence electrons. The summed E-state index contributed by atoms with van der Waals surface area (Å²) in [6, 6.07) is 7.63. The molecule has 3 heterocycles. The third kappa shape index (κ3) is 2.79. The van der Waals surface area contributed by atoms with Gasteiger partial charge < -0.3 is 9.15 Å². The van der Waals surface area contributed by atoms with Crippen molar-refractivity contribution in [1.29, 1.82) is 0 Å². The lowest BCUT2D eigenvalue weighted by Crippen LogP contribution is -1.97. The third-order valence-electron chi connectivity index (χ3n) is 2.43. The number of aromatic nitrogens is 3. The predicted octanol–water partition coefficient (Wildman–Crippen LogP) is 3.08. The van der Waals surface area contributed by atoms with Gasteiger partial charge in [-0.05, 0) is 23.9 Å². The largest absolute Gasteiger partial charge is 0.468 e. The lowest BCUT2D eigenvalue weighted by atomic mass is 10.3. The van der Waals surface area contributed by atoms with E-state index in [4.69, 9.17) is 9.15 Å². The van der Waals surface area contributed by atoms with Crippen LogP contribution in [0.2, 0.25) is 0 Å². The minimum atomic E-state index is 0.217. The van der Waals surface area contributed by atoms with Crippen LogP contribution in [-0.2, 0) is 6.61 Å². The molecule has 0 aliphatic carbocycles. The first-order chi connectivity index (χ1) is 9.31. The van der Waals surface area contributed by atoms with Crippen LogP contribution in [0.25, 0.3) is 10.8 Å². The Kier molecular flexibility index (Phi) is 3.24. The van der Waals surface area contributed by atoms with Gasteiger partial charge in [0.1, 0.15) is 0 Å². The van der Waals surface area contributed by atoms with Crippen molar-refractivity contribution in [3.63, 3.8) is 0 Å². The average molecular weight is 273 g/mol.